The van der Waals surface area contributed by atoms with Crippen molar-refractivity contribution in [2.45, 2.75) is 39.5 Å². The highest BCUT2D eigenvalue weighted by Gasteiger charge is 2.19. The zero-order valence-electron chi connectivity index (χ0n) is 26.5. The number of aryl methyl sites for hydroxylation is 3. The van der Waals surface area contributed by atoms with Gasteiger partial charge in [0.2, 0.25) is 0 Å². The number of hydrogen-bond donors (Lipinski definition) is 1. The molecule has 0 aliphatic rings. The lowest BCUT2D eigenvalue weighted by molar-refractivity contribution is 0.306. The number of aromatic hydroxyl groups is 1. The highest BCUT2D eigenvalue weighted by molar-refractivity contribution is 6.09. The molecule has 0 saturated carbocycles. The first-order valence-electron chi connectivity index (χ1n) is 16.3. The summed E-state index contributed by atoms with van der Waals surface area (Å²) in [7, 11) is 0. The van der Waals surface area contributed by atoms with Gasteiger partial charge in [-0.25, -0.2) is 0 Å². The highest BCUT2D eigenvalue weighted by atomic mass is 16.5. The van der Waals surface area contributed by atoms with Crippen LogP contribution >= 0.6 is 0 Å². The van der Waals surface area contributed by atoms with Gasteiger partial charge in [0, 0.05) is 21.9 Å². The van der Waals surface area contributed by atoms with Crippen molar-refractivity contribution < 1.29 is 9.84 Å². The van der Waals surface area contributed by atoms with Gasteiger partial charge >= 0.3 is 0 Å². The zero-order chi connectivity index (χ0) is 31.5. The average molecular weight is 602 g/mol. The lowest BCUT2D eigenvalue weighted by Gasteiger charge is -2.17. The van der Waals surface area contributed by atoms with Gasteiger partial charge in [0.25, 0.3) is 0 Å². The number of phenols is 1. The van der Waals surface area contributed by atoms with E-state index in [2.05, 4.69) is 146 Å². The summed E-state index contributed by atoms with van der Waals surface area (Å²) in [6.07, 6.45) is 4.03. The first kappa shape index (κ1) is 29.4. The molecule has 3 heteroatoms. The molecule has 46 heavy (non-hydrogen) atoms. The van der Waals surface area contributed by atoms with Gasteiger partial charge in [0.05, 0.1) is 23.3 Å². The van der Waals surface area contributed by atoms with Crippen molar-refractivity contribution in [1.82, 2.24) is 4.57 Å². The van der Waals surface area contributed by atoms with Gasteiger partial charge in [0.15, 0.2) is 0 Å². The largest absolute Gasteiger partial charge is 0.505 e. The van der Waals surface area contributed by atoms with Crippen LogP contribution in [0.25, 0.3) is 49.7 Å². The van der Waals surface area contributed by atoms with Crippen molar-refractivity contribution in [3.8, 4) is 39.4 Å². The molecule has 3 nitrogen and oxygen atoms in total. The number of para-hydroxylation sites is 3. The maximum absolute atomic E-state index is 11.9. The third-order valence-corrected chi connectivity index (χ3v) is 8.93. The van der Waals surface area contributed by atoms with E-state index in [1.165, 1.54) is 27.5 Å². The van der Waals surface area contributed by atoms with Crippen LogP contribution in [0.4, 0.5) is 0 Å². The van der Waals surface area contributed by atoms with E-state index in [1.54, 1.807) is 0 Å². The van der Waals surface area contributed by atoms with Gasteiger partial charge in [-0.2, -0.15) is 0 Å². The van der Waals surface area contributed by atoms with Crippen molar-refractivity contribution in [3.05, 3.63) is 150 Å². The van der Waals surface area contributed by atoms with E-state index in [9.17, 15) is 5.11 Å². The SMILES string of the molecule is Cc1cccc(-c2ccccc2OCCCCCc2ccccc2-c2cc(C)cc(-n3c4ccccc4c4ccccc43)c2O)c1. The molecule has 7 aromatic rings. The summed E-state index contributed by atoms with van der Waals surface area (Å²) in [5, 5.41) is 14.3. The van der Waals surface area contributed by atoms with Gasteiger partial charge in [0.1, 0.15) is 11.5 Å². The number of fused-ring (bicyclic) bond motifs is 3. The molecule has 0 bridgehead atoms. The van der Waals surface area contributed by atoms with E-state index in [-0.39, 0.29) is 0 Å². The summed E-state index contributed by atoms with van der Waals surface area (Å²) in [5.41, 5.74) is 10.9. The first-order chi connectivity index (χ1) is 22.6. The van der Waals surface area contributed by atoms with Crippen molar-refractivity contribution in [2.75, 3.05) is 6.61 Å². The Morgan fingerprint density at radius 2 is 1.24 bits per heavy atom. The smallest absolute Gasteiger partial charge is 0.147 e. The summed E-state index contributed by atoms with van der Waals surface area (Å²) in [5.74, 6) is 1.25. The second-order valence-electron chi connectivity index (χ2n) is 12.2. The number of ether oxygens (including phenoxy) is 1. The van der Waals surface area contributed by atoms with Crippen LogP contribution in [0.1, 0.15) is 36.0 Å². The molecule has 7 rings (SSSR count). The molecule has 0 saturated heterocycles. The van der Waals surface area contributed by atoms with Crippen LogP contribution in [0, 0.1) is 13.8 Å². The Balaban J connectivity index is 1.09. The number of nitrogens with zero attached hydrogens (tertiary/aromatic N) is 1. The molecule has 1 heterocycles. The maximum atomic E-state index is 11.9. The Hall–Kier alpha value is -5.28. The summed E-state index contributed by atoms with van der Waals surface area (Å²) in [6.45, 7) is 4.92. The van der Waals surface area contributed by atoms with E-state index in [0.29, 0.717) is 12.4 Å². The Morgan fingerprint density at radius 1 is 0.565 bits per heavy atom. The van der Waals surface area contributed by atoms with Crippen molar-refractivity contribution in [1.29, 1.82) is 0 Å². The molecular formula is C43H39NO2. The standard InChI is InChI=1S/C43H39NO2/c1-30-15-14-18-33(27-30)35-20-9-12-25-42(35)46-26-13-3-4-16-32-17-5-6-19-34(32)38-28-31(2)29-41(43(38)45)44-39-23-10-7-21-36(39)37-22-8-11-24-40(37)44/h5-12,14-15,17-25,27-29,45H,3-4,13,16,26H2,1-2H3. The number of hydrogen-bond acceptors (Lipinski definition) is 2. The van der Waals surface area contributed by atoms with Gasteiger partial charge in [-0.15, -0.1) is 0 Å². The van der Waals surface area contributed by atoms with Gasteiger partial charge in [-0.3, -0.25) is 0 Å². The Bertz CT molecular complexity index is 2100. The molecule has 0 atom stereocenters. The van der Waals surface area contributed by atoms with Gasteiger partial charge in [-0.1, -0.05) is 109 Å². The van der Waals surface area contributed by atoms with Crippen LogP contribution in [0.2, 0.25) is 0 Å². The molecule has 0 aliphatic heterocycles. The van der Waals surface area contributed by atoms with Crippen LogP contribution in [-0.4, -0.2) is 16.3 Å². The molecule has 1 N–H and O–H groups in total. The Labute approximate surface area is 271 Å². The minimum absolute atomic E-state index is 0.310. The first-order valence-corrected chi connectivity index (χ1v) is 16.3. The fraction of sp³-hybridized carbons (Fsp3) is 0.163. The monoisotopic (exact) mass is 601 g/mol. The predicted octanol–water partition coefficient (Wildman–Crippen LogP) is 11.2. The highest BCUT2D eigenvalue weighted by Crippen LogP contribution is 2.41. The second-order valence-corrected chi connectivity index (χ2v) is 12.2. The lowest BCUT2D eigenvalue weighted by Crippen LogP contribution is -2.00. The van der Waals surface area contributed by atoms with Crippen LogP contribution in [0.5, 0.6) is 11.5 Å². The fourth-order valence-electron chi connectivity index (χ4n) is 6.74. The van der Waals surface area contributed by atoms with Crippen molar-refractivity contribution >= 4 is 21.8 Å². The molecule has 0 aliphatic carbocycles. The fourth-order valence-corrected chi connectivity index (χ4v) is 6.74. The van der Waals surface area contributed by atoms with E-state index in [4.69, 9.17) is 4.74 Å². The van der Waals surface area contributed by atoms with E-state index in [0.717, 1.165) is 70.4 Å². The Kier molecular flexibility index (Phi) is 8.31. The minimum Gasteiger partial charge on any atom is -0.505 e. The predicted molar refractivity (Wildman–Crippen MR) is 192 cm³/mol. The molecular weight excluding hydrogens is 562 g/mol. The number of benzene rings is 6. The molecule has 0 radical (unpaired) electrons. The normalized spacial score (nSPS) is 11.3. The minimum atomic E-state index is 0.310. The molecule has 0 unspecified atom stereocenters. The number of unbranched alkanes of at least 4 members (excludes halogenated alkanes) is 2. The zero-order valence-corrected chi connectivity index (χ0v) is 26.5. The van der Waals surface area contributed by atoms with E-state index >= 15 is 0 Å². The number of aromatic nitrogens is 1. The van der Waals surface area contributed by atoms with Crippen molar-refractivity contribution in [2.24, 2.45) is 0 Å². The second kappa shape index (κ2) is 13.0. The molecule has 0 spiro atoms. The maximum Gasteiger partial charge on any atom is 0.147 e. The average Bonchev–Trinajstić information content (AvgIpc) is 3.42. The van der Waals surface area contributed by atoms with E-state index in [1.807, 2.05) is 6.07 Å². The lowest BCUT2D eigenvalue weighted by atomic mass is 9.93. The summed E-state index contributed by atoms with van der Waals surface area (Å²) in [4.78, 5) is 0. The van der Waals surface area contributed by atoms with Crippen LogP contribution in [0.15, 0.2) is 133 Å². The van der Waals surface area contributed by atoms with Gasteiger partial charge in [-0.05, 0) is 92.1 Å². The van der Waals surface area contributed by atoms with Crippen LogP contribution in [0.3, 0.4) is 0 Å². The molecule has 6 aromatic carbocycles. The molecule has 1 aromatic heterocycles. The van der Waals surface area contributed by atoms with Crippen LogP contribution in [-0.2, 0) is 6.42 Å². The van der Waals surface area contributed by atoms with Crippen molar-refractivity contribution in [3.63, 3.8) is 0 Å². The summed E-state index contributed by atoms with van der Waals surface area (Å²) >= 11 is 0. The summed E-state index contributed by atoms with van der Waals surface area (Å²) in [6, 6.07) is 46.5. The molecule has 228 valence electrons. The van der Waals surface area contributed by atoms with Crippen LogP contribution < -0.4 is 4.74 Å². The topological polar surface area (TPSA) is 34.4 Å². The third kappa shape index (κ3) is 5.77. The molecule has 0 amide bonds. The quantitative estimate of drug-likeness (QED) is 0.158. The summed E-state index contributed by atoms with van der Waals surface area (Å²) < 4.78 is 8.48. The van der Waals surface area contributed by atoms with Gasteiger partial charge < -0.3 is 14.4 Å². The number of phenolic OH excluding ortho intramolecular Hbond substituents is 1. The van der Waals surface area contributed by atoms with E-state index < -0.39 is 0 Å². The Morgan fingerprint density at radius 3 is 2.00 bits per heavy atom. The molecule has 0 fully saturated rings. The number of rotatable bonds is 10. The third-order valence-electron chi connectivity index (χ3n) is 8.93.